The maximum absolute atomic E-state index is 14.6. The summed E-state index contributed by atoms with van der Waals surface area (Å²) in [4.78, 5) is 8.81. The van der Waals surface area contributed by atoms with Crippen LogP contribution in [0.5, 0.6) is 0 Å². The Kier molecular flexibility index (Phi) is 4.57. The lowest BCUT2D eigenvalue weighted by Crippen LogP contribution is -2.17. The largest absolute Gasteiger partial charge is 0.384 e. The highest BCUT2D eigenvalue weighted by Crippen LogP contribution is 2.33. The molecule has 0 aliphatic heterocycles. The summed E-state index contributed by atoms with van der Waals surface area (Å²) in [5.41, 5.74) is 2.93. The van der Waals surface area contributed by atoms with Crippen molar-refractivity contribution in [1.29, 1.82) is 5.26 Å². The first kappa shape index (κ1) is 18.7. The van der Waals surface area contributed by atoms with Crippen LogP contribution >= 0.6 is 0 Å². The maximum Gasteiger partial charge on any atom is 0.160 e. The van der Waals surface area contributed by atoms with E-state index in [0.29, 0.717) is 28.0 Å². The zero-order valence-electron chi connectivity index (χ0n) is 16.0. The van der Waals surface area contributed by atoms with Gasteiger partial charge in [-0.3, -0.25) is 0 Å². The zero-order chi connectivity index (χ0) is 20.6. The van der Waals surface area contributed by atoms with Gasteiger partial charge in [0.15, 0.2) is 5.65 Å². The molecule has 0 aliphatic rings. The van der Waals surface area contributed by atoms with Crippen molar-refractivity contribution in [2.45, 2.75) is 19.4 Å². The summed E-state index contributed by atoms with van der Waals surface area (Å²) in [6.07, 6.45) is 1.64. The van der Waals surface area contributed by atoms with E-state index in [2.05, 4.69) is 16.0 Å². The van der Waals surface area contributed by atoms with Gasteiger partial charge in [-0.1, -0.05) is 24.3 Å². The third-order valence-electron chi connectivity index (χ3n) is 4.85. The molecule has 29 heavy (non-hydrogen) atoms. The number of rotatable bonds is 3. The van der Waals surface area contributed by atoms with Gasteiger partial charge >= 0.3 is 0 Å². The minimum atomic E-state index is -1.07. The molecule has 0 saturated heterocycles. The van der Waals surface area contributed by atoms with Crippen LogP contribution in [0.1, 0.15) is 25.1 Å². The fourth-order valence-electron chi connectivity index (χ4n) is 3.34. The molecule has 0 bridgehead atoms. The van der Waals surface area contributed by atoms with Crippen LogP contribution in [-0.4, -0.2) is 15.1 Å². The molecule has 2 heterocycles. The molecule has 1 N–H and O–H groups in total. The summed E-state index contributed by atoms with van der Waals surface area (Å²) < 4.78 is 14.6. The highest BCUT2D eigenvalue weighted by Gasteiger charge is 2.19. The third-order valence-corrected chi connectivity index (χ3v) is 4.85. The molecule has 0 unspecified atom stereocenters. The van der Waals surface area contributed by atoms with Crippen molar-refractivity contribution in [2.75, 3.05) is 0 Å². The Balaban J connectivity index is 1.90. The monoisotopic (exact) mass is 383 g/mol. The van der Waals surface area contributed by atoms with Gasteiger partial charge in [0, 0.05) is 22.7 Å². The van der Waals surface area contributed by atoms with Gasteiger partial charge in [-0.15, -0.1) is 0 Å². The molecule has 0 aliphatic carbocycles. The fourth-order valence-corrected chi connectivity index (χ4v) is 3.34. The number of aliphatic hydroxyl groups is 1. The van der Waals surface area contributed by atoms with Crippen LogP contribution in [0.15, 0.2) is 66.9 Å². The molecular weight excluding hydrogens is 365 g/mol. The summed E-state index contributed by atoms with van der Waals surface area (Å²) in [5, 5.41) is 20.4. The van der Waals surface area contributed by atoms with Crippen molar-refractivity contribution in [3.63, 3.8) is 0 Å². The van der Waals surface area contributed by atoms with Gasteiger partial charge in [0.05, 0.1) is 17.3 Å². The maximum atomic E-state index is 14.6. The number of hydrogen-bond acceptors (Lipinski definition) is 4. The number of nitriles is 1. The minimum absolute atomic E-state index is 0.366. The minimum Gasteiger partial charge on any atom is -0.384 e. The van der Waals surface area contributed by atoms with Gasteiger partial charge in [0.1, 0.15) is 11.4 Å². The number of halogens is 1. The molecule has 2 aromatic heterocycles. The van der Waals surface area contributed by atoms with Crippen molar-refractivity contribution >= 4 is 11.0 Å². The Morgan fingerprint density at radius 2 is 1.76 bits per heavy atom. The topological polar surface area (TPSA) is 69.8 Å². The van der Waals surface area contributed by atoms with E-state index in [-0.39, 0.29) is 0 Å². The lowest BCUT2D eigenvalue weighted by Gasteiger charge is -2.17. The Morgan fingerprint density at radius 3 is 2.52 bits per heavy atom. The molecular formula is C24H18FN3O. The van der Waals surface area contributed by atoms with E-state index in [1.165, 1.54) is 6.07 Å². The number of aromatic nitrogens is 2. The Bertz CT molecular complexity index is 1270. The van der Waals surface area contributed by atoms with Gasteiger partial charge in [0.2, 0.25) is 0 Å². The quantitative estimate of drug-likeness (QED) is 0.528. The molecule has 4 nitrogen and oxygen atoms in total. The van der Waals surface area contributed by atoms with Crippen molar-refractivity contribution in [3.05, 3.63) is 83.9 Å². The van der Waals surface area contributed by atoms with E-state index in [1.54, 1.807) is 62.5 Å². The Hall–Kier alpha value is -3.62. The van der Waals surface area contributed by atoms with Crippen LogP contribution in [-0.2, 0) is 5.60 Å². The molecule has 142 valence electrons. The lowest BCUT2D eigenvalue weighted by molar-refractivity contribution is 0.0742. The second-order valence-corrected chi connectivity index (χ2v) is 7.34. The van der Waals surface area contributed by atoms with Gasteiger partial charge in [0.25, 0.3) is 0 Å². The SMILES string of the molecule is CC(C)(O)c1ccc2c(-c3ccc(F)c(-c4ccccc4C#N)c3)ccnc2n1. The van der Waals surface area contributed by atoms with Crippen LogP contribution in [0.2, 0.25) is 0 Å². The lowest BCUT2D eigenvalue weighted by atomic mass is 9.94. The van der Waals surface area contributed by atoms with Crippen LogP contribution in [0.4, 0.5) is 4.39 Å². The van der Waals surface area contributed by atoms with E-state index >= 15 is 0 Å². The molecule has 0 saturated carbocycles. The summed E-state index contributed by atoms with van der Waals surface area (Å²) in [6, 6.07) is 19.4. The second kappa shape index (κ2) is 7.08. The van der Waals surface area contributed by atoms with Crippen molar-refractivity contribution in [3.8, 4) is 28.3 Å². The highest BCUT2D eigenvalue weighted by molar-refractivity contribution is 5.93. The first-order valence-corrected chi connectivity index (χ1v) is 9.16. The first-order valence-electron chi connectivity index (χ1n) is 9.16. The van der Waals surface area contributed by atoms with E-state index in [9.17, 15) is 14.8 Å². The molecule has 0 radical (unpaired) electrons. The van der Waals surface area contributed by atoms with Crippen molar-refractivity contribution in [2.24, 2.45) is 0 Å². The van der Waals surface area contributed by atoms with Crippen LogP contribution in [0, 0.1) is 17.1 Å². The number of hydrogen-bond donors (Lipinski definition) is 1. The molecule has 0 amide bonds. The van der Waals surface area contributed by atoms with Gasteiger partial charge in [-0.2, -0.15) is 5.26 Å². The molecule has 0 spiro atoms. The standard InChI is InChI=1S/C24H18FN3O/c1-24(2,29)22-10-8-19-18(11-12-27-23(19)28-22)15-7-9-21(25)20(13-15)17-6-4-3-5-16(17)14-26/h3-13,29H,1-2H3. The zero-order valence-corrected chi connectivity index (χ0v) is 16.0. The molecule has 0 atom stereocenters. The van der Waals surface area contributed by atoms with E-state index < -0.39 is 11.4 Å². The summed E-state index contributed by atoms with van der Waals surface area (Å²) in [6.45, 7) is 3.34. The predicted octanol–water partition coefficient (Wildman–Crippen LogP) is 5.20. The normalized spacial score (nSPS) is 11.4. The van der Waals surface area contributed by atoms with Crippen LogP contribution in [0.3, 0.4) is 0 Å². The van der Waals surface area contributed by atoms with Crippen LogP contribution in [0.25, 0.3) is 33.3 Å². The van der Waals surface area contributed by atoms with E-state index in [4.69, 9.17) is 0 Å². The average molecular weight is 383 g/mol. The molecule has 4 aromatic rings. The van der Waals surface area contributed by atoms with Gasteiger partial charge in [-0.25, -0.2) is 14.4 Å². The van der Waals surface area contributed by atoms with E-state index in [1.807, 2.05) is 12.1 Å². The summed E-state index contributed by atoms with van der Waals surface area (Å²) >= 11 is 0. The molecule has 4 rings (SSSR count). The fraction of sp³-hybridized carbons (Fsp3) is 0.125. The number of nitrogens with zero attached hydrogens (tertiary/aromatic N) is 3. The third kappa shape index (κ3) is 3.46. The average Bonchev–Trinajstić information content (AvgIpc) is 2.72. The summed E-state index contributed by atoms with van der Waals surface area (Å²) in [5.74, 6) is -0.391. The number of pyridine rings is 2. The molecule has 0 fully saturated rings. The smallest absolute Gasteiger partial charge is 0.160 e. The summed E-state index contributed by atoms with van der Waals surface area (Å²) in [7, 11) is 0. The first-order chi connectivity index (χ1) is 13.9. The van der Waals surface area contributed by atoms with Gasteiger partial charge in [-0.05, 0) is 61.4 Å². The molecule has 5 heteroatoms. The van der Waals surface area contributed by atoms with Crippen LogP contribution < -0.4 is 0 Å². The second-order valence-electron chi connectivity index (χ2n) is 7.34. The Labute approximate surface area is 167 Å². The number of fused-ring (bicyclic) bond motifs is 1. The van der Waals surface area contributed by atoms with Gasteiger partial charge < -0.3 is 5.11 Å². The Morgan fingerprint density at radius 1 is 0.966 bits per heavy atom. The van der Waals surface area contributed by atoms with Crippen molar-refractivity contribution in [1.82, 2.24) is 9.97 Å². The highest BCUT2D eigenvalue weighted by atomic mass is 19.1. The van der Waals surface area contributed by atoms with Crippen molar-refractivity contribution < 1.29 is 9.50 Å². The predicted molar refractivity (Wildman–Crippen MR) is 110 cm³/mol. The van der Waals surface area contributed by atoms with E-state index in [0.717, 1.165) is 16.5 Å². The number of benzene rings is 2. The molecule has 2 aromatic carbocycles.